The van der Waals surface area contributed by atoms with Gasteiger partial charge in [0.25, 0.3) is 0 Å². The number of hydrogen-bond donors (Lipinski definition) is 1. The van der Waals surface area contributed by atoms with Crippen molar-refractivity contribution in [1.29, 1.82) is 5.26 Å². The van der Waals surface area contributed by atoms with Gasteiger partial charge in [0.05, 0.1) is 17.8 Å². The molecule has 1 aromatic carbocycles. The third-order valence-corrected chi connectivity index (χ3v) is 2.93. The molecule has 0 aliphatic carbocycles. The summed E-state index contributed by atoms with van der Waals surface area (Å²) in [5.41, 5.74) is 2.72. The Kier molecular flexibility index (Phi) is 4.94. The summed E-state index contributed by atoms with van der Waals surface area (Å²) < 4.78 is 5.11. The van der Waals surface area contributed by atoms with Gasteiger partial charge in [0.2, 0.25) is 5.71 Å². The molecule has 0 unspecified atom stereocenters. The molecule has 1 N–H and O–H groups in total. The van der Waals surface area contributed by atoms with Crippen LogP contribution in [0.15, 0.2) is 27.8 Å². The second-order valence-electron chi connectivity index (χ2n) is 2.80. The van der Waals surface area contributed by atoms with E-state index in [4.69, 9.17) is 16.9 Å². The number of carbonyl (C=O) groups excluding carboxylic acids is 1. The number of ether oxygens (including phenoxy) is 1. The molecule has 88 valence electrons. The number of benzene rings is 1. The SMILES string of the molecule is COC(=O)C(C#N)=NNc1ccc(Br)c(Cl)c1. The van der Waals surface area contributed by atoms with E-state index in [-0.39, 0.29) is 5.71 Å². The summed E-state index contributed by atoms with van der Waals surface area (Å²) in [6.07, 6.45) is 0. The molecule has 17 heavy (non-hydrogen) atoms. The third-order valence-electron chi connectivity index (χ3n) is 1.70. The zero-order chi connectivity index (χ0) is 12.8. The fourth-order valence-corrected chi connectivity index (χ4v) is 1.33. The van der Waals surface area contributed by atoms with Crippen molar-refractivity contribution in [1.82, 2.24) is 0 Å². The highest BCUT2D eigenvalue weighted by molar-refractivity contribution is 9.10. The summed E-state index contributed by atoms with van der Waals surface area (Å²) in [4.78, 5) is 11.0. The van der Waals surface area contributed by atoms with Crippen LogP contribution in [0.5, 0.6) is 0 Å². The van der Waals surface area contributed by atoms with Crippen molar-refractivity contribution in [2.45, 2.75) is 0 Å². The monoisotopic (exact) mass is 315 g/mol. The van der Waals surface area contributed by atoms with Crippen LogP contribution >= 0.6 is 27.5 Å². The highest BCUT2D eigenvalue weighted by Crippen LogP contribution is 2.25. The van der Waals surface area contributed by atoms with Gasteiger partial charge in [0, 0.05) is 4.47 Å². The van der Waals surface area contributed by atoms with E-state index < -0.39 is 5.97 Å². The lowest BCUT2D eigenvalue weighted by molar-refractivity contribution is -0.132. The molecule has 0 aromatic heterocycles. The van der Waals surface area contributed by atoms with Crippen molar-refractivity contribution < 1.29 is 9.53 Å². The summed E-state index contributed by atoms with van der Waals surface area (Å²) in [6, 6.07) is 6.62. The fraction of sp³-hybridized carbons (Fsp3) is 0.100. The standard InChI is InChI=1S/C10H7BrClN3O2/c1-17-10(16)9(5-13)15-14-6-2-3-7(11)8(12)4-6/h2-4,14H,1H3. The third kappa shape index (κ3) is 3.73. The number of rotatable bonds is 3. The van der Waals surface area contributed by atoms with Crippen molar-refractivity contribution in [3.63, 3.8) is 0 Å². The molecule has 7 heteroatoms. The molecular formula is C10H7BrClN3O2. The number of hydrazone groups is 1. The average Bonchev–Trinajstić information content (AvgIpc) is 2.33. The van der Waals surface area contributed by atoms with Gasteiger partial charge in [-0.15, -0.1) is 0 Å². The van der Waals surface area contributed by atoms with Gasteiger partial charge in [-0.1, -0.05) is 11.6 Å². The maximum atomic E-state index is 11.0. The molecule has 1 rings (SSSR count). The number of halogens is 2. The van der Waals surface area contributed by atoms with Gasteiger partial charge in [-0.05, 0) is 34.1 Å². The van der Waals surface area contributed by atoms with Crippen LogP contribution in [0.1, 0.15) is 0 Å². The molecule has 0 aliphatic heterocycles. The number of nitriles is 1. The van der Waals surface area contributed by atoms with Gasteiger partial charge < -0.3 is 4.74 Å². The van der Waals surface area contributed by atoms with E-state index in [0.717, 1.165) is 4.47 Å². The zero-order valence-electron chi connectivity index (χ0n) is 8.70. The Bertz CT molecular complexity index is 511. The van der Waals surface area contributed by atoms with Crippen molar-refractivity contribution in [3.8, 4) is 6.07 Å². The smallest absolute Gasteiger partial charge is 0.369 e. The fourth-order valence-electron chi connectivity index (χ4n) is 0.899. The van der Waals surface area contributed by atoms with Crippen LogP contribution in [0.2, 0.25) is 5.02 Å². The van der Waals surface area contributed by atoms with Crippen molar-refractivity contribution in [2.24, 2.45) is 5.10 Å². The normalized spacial score (nSPS) is 10.6. The highest BCUT2D eigenvalue weighted by atomic mass is 79.9. The van der Waals surface area contributed by atoms with Gasteiger partial charge in [-0.3, -0.25) is 5.43 Å². The van der Waals surface area contributed by atoms with Crippen LogP contribution in [0.25, 0.3) is 0 Å². The summed E-state index contributed by atoms with van der Waals surface area (Å²) in [5, 5.41) is 12.7. The molecule has 0 aliphatic rings. The number of hydrogen-bond acceptors (Lipinski definition) is 5. The van der Waals surface area contributed by atoms with E-state index in [2.05, 4.69) is 31.2 Å². The minimum atomic E-state index is -0.803. The Hall–Kier alpha value is -1.58. The quantitative estimate of drug-likeness (QED) is 0.528. The summed E-state index contributed by atoms with van der Waals surface area (Å²) in [7, 11) is 1.17. The Morgan fingerprint density at radius 1 is 1.65 bits per heavy atom. The van der Waals surface area contributed by atoms with E-state index in [1.54, 1.807) is 24.3 Å². The molecule has 0 saturated carbocycles. The first-order chi connectivity index (χ1) is 8.08. The summed E-state index contributed by atoms with van der Waals surface area (Å²) in [6.45, 7) is 0. The van der Waals surface area contributed by atoms with Crippen LogP contribution < -0.4 is 5.43 Å². The van der Waals surface area contributed by atoms with Gasteiger partial charge >= 0.3 is 5.97 Å². The minimum Gasteiger partial charge on any atom is -0.464 e. The van der Waals surface area contributed by atoms with Gasteiger partial charge in [-0.2, -0.15) is 10.4 Å². The molecule has 0 heterocycles. The predicted molar refractivity (Wildman–Crippen MR) is 67.8 cm³/mol. The van der Waals surface area contributed by atoms with E-state index >= 15 is 0 Å². The van der Waals surface area contributed by atoms with Crippen LogP contribution in [-0.2, 0) is 9.53 Å². The Morgan fingerprint density at radius 3 is 2.88 bits per heavy atom. The molecule has 0 fully saturated rings. The second-order valence-corrected chi connectivity index (χ2v) is 4.07. The zero-order valence-corrected chi connectivity index (χ0v) is 11.0. The lowest BCUT2D eigenvalue weighted by Crippen LogP contribution is -2.15. The molecule has 0 amide bonds. The van der Waals surface area contributed by atoms with Gasteiger partial charge in [0.1, 0.15) is 6.07 Å². The summed E-state index contributed by atoms with van der Waals surface area (Å²) in [5.74, 6) is -0.803. The molecule has 0 spiro atoms. The lowest BCUT2D eigenvalue weighted by Gasteiger charge is -2.02. The van der Waals surface area contributed by atoms with Crippen LogP contribution in [0.4, 0.5) is 5.69 Å². The highest BCUT2D eigenvalue weighted by Gasteiger charge is 2.10. The molecule has 0 atom stereocenters. The van der Waals surface area contributed by atoms with E-state index in [1.165, 1.54) is 7.11 Å². The van der Waals surface area contributed by atoms with E-state index in [0.29, 0.717) is 10.7 Å². The minimum absolute atomic E-state index is 0.369. The molecular weight excluding hydrogens is 309 g/mol. The first kappa shape index (κ1) is 13.5. The molecule has 1 aromatic rings. The number of carbonyl (C=O) groups is 1. The Balaban J connectivity index is 2.85. The molecule has 0 saturated heterocycles. The maximum absolute atomic E-state index is 11.0. The number of esters is 1. The Morgan fingerprint density at radius 2 is 2.35 bits per heavy atom. The first-order valence-corrected chi connectivity index (χ1v) is 5.52. The molecule has 0 radical (unpaired) electrons. The predicted octanol–water partition coefficient (Wildman–Crippen LogP) is 2.57. The van der Waals surface area contributed by atoms with Gasteiger partial charge in [0.15, 0.2) is 0 Å². The largest absolute Gasteiger partial charge is 0.464 e. The number of anilines is 1. The maximum Gasteiger partial charge on any atom is 0.369 e. The van der Waals surface area contributed by atoms with Crippen LogP contribution in [0, 0.1) is 11.3 Å². The van der Waals surface area contributed by atoms with E-state index in [1.807, 2.05) is 0 Å². The van der Waals surface area contributed by atoms with Crippen molar-refractivity contribution >= 4 is 44.9 Å². The average molecular weight is 317 g/mol. The van der Waals surface area contributed by atoms with Crippen LogP contribution in [-0.4, -0.2) is 18.8 Å². The van der Waals surface area contributed by atoms with Crippen LogP contribution in [0.3, 0.4) is 0 Å². The topological polar surface area (TPSA) is 74.5 Å². The second kappa shape index (κ2) is 6.23. The van der Waals surface area contributed by atoms with Gasteiger partial charge in [-0.25, -0.2) is 4.79 Å². The van der Waals surface area contributed by atoms with Crippen molar-refractivity contribution in [2.75, 3.05) is 12.5 Å². The number of nitrogens with zero attached hydrogens (tertiary/aromatic N) is 2. The molecule has 5 nitrogen and oxygen atoms in total. The molecule has 0 bridgehead atoms. The van der Waals surface area contributed by atoms with E-state index in [9.17, 15) is 4.79 Å². The Labute approximate surface area is 111 Å². The summed E-state index contributed by atoms with van der Waals surface area (Å²) >= 11 is 9.10. The first-order valence-electron chi connectivity index (χ1n) is 4.35. The lowest BCUT2D eigenvalue weighted by atomic mass is 10.3. The number of nitrogens with one attached hydrogen (secondary N) is 1. The number of methoxy groups -OCH3 is 1. The van der Waals surface area contributed by atoms with Crippen molar-refractivity contribution in [3.05, 3.63) is 27.7 Å².